The van der Waals surface area contributed by atoms with Crippen LogP contribution < -0.4 is 5.32 Å². The molecule has 0 bridgehead atoms. The van der Waals surface area contributed by atoms with Gasteiger partial charge < -0.3 is 10.4 Å². The van der Waals surface area contributed by atoms with E-state index < -0.39 is 0 Å². The van der Waals surface area contributed by atoms with Gasteiger partial charge in [0, 0.05) is 23.2 Å². The van der Waals surface area contributed by atoms with Crippen molar-refractivity contribution in [3.05, 3.63) is 24.3 Å². The molecule has 0 aliphatic carbocycles. The first-order valence-electron chi connectivity index (χ1n) is 5.86. The molecule has 16 heavy (non-hydrogen) atoms. The summed E-state index contributed by atoms with van der Waals surface area (Å²) in [4.78, 5) is 1.31. The van der Waals surface area contributed by atoms with Crippen LogP contribution in [0.1, 0.15) is 26.7 Å². The number of nitrogens with one attached hydrogen (secondary N) is 1. The summed E-state index contributed by atoms with van der Waals surface area (Å²) in [6, 6.07) is 8.91. The van der Waals surface area contributed by atoms with Crippen molar-refractivity contribution in [2.45, 2.75) is 37.6 Å². The van der Waals surface area contributed by atoms with Crippen molar-refractivity contribution in [3.8, 4) is 0 Å². The summed E-state index contributed by atoms with van der Waals surface area (Å²) in [5, 5.41) is 12.2. The molecular formula is C13H21NOS. The van der Waals surface area contributed by atoms with Gasteiger partial charge in [-0.05, 0) is 43.7 Å². The van der Waals surface area contributed by atoms with E-state index in [9.17, 15) is 0 Å². The number of aliphatic hydroxyl groups excluding tert-OH is 1. The van der Waals surface area contributed by atoms with Crippen molar-refractivity contribution in [3.63, 3.8) is 0 Å². The summed E-state index contributed by atoms with van der Waals surface area (Å²) in [5.41, 5.74) is 1.17. The van der Waals surface area contributed by atoms with Crippen LogP contribution in [0, 0.1) is 0 Å². The molecule has 0 saturated heterocycles. The fourth-order valence-corrected chi connectivity index (χ4v) is 2.31. The third-order valence-electron chi connectivity index (χ3n) is 2.35. The minimum absolute atomic E-state index is 0.276. The van der Waals surface area contributed by atoms with Crippen molar-refractivity contribution in [2.75, 3.05) is 17.7 Å². The number of aliphatic hydroxyl groups is 1. The SMILES string of the molecule is CCSc1cccc(NC(C)CCCO)c1. The van der Waals surface area contributed by atoms with Crippen LogP contribution in [0.5, 0.6) is 0 Å². The lowest BCUT2D eigenvalue weighted by atomic mass is 10.2. The van der Waals surface area contributed by atoms with E-state index in [4.69, 9.17) is 5.11 Å². The van der Waals surface area contributed by atoms with Crippen LogP contribution in [0.3, 0.4) is 0 Å². The molecule has 1 aromatic rings. The van der Waals surface area contributed by atoms with Crippen molar-refractivity contribution >= 4 is 17.4 Å². The predicted molar refractivity (Wildman–Crippen MR) is 72.2 cm³/mol. The maximum absolute atomic E-state index is 8.76. The topological polar surface area (TPSA) is 32.3 Å². The Morgan fingerprint density at radius 1 is 1.44 bits per heavy atom. The molecular weight excluding hydrogens is 218 g/mol. The Morgan fingerprint density at radius 3 is 2.94 bits per heavy atom. The Morgan fingerprint density at radius 2 is 2.25 bits per heavy atom. The smallest absolute Gasteiger partial charge is 0.0431 e. The van der Waals surface area contributed by atoms with Gasteiger partial charge in [0.05, 0.1) is 0 Å². The highest BCUT2D eigenvalue weighted by atomic mass is 32.2. The Bertz CT molecular complexity index is 304. The lowest BCUT2D eigenvalue weighted by Gasteiger charge is -2.15. The van der Waals surface area contributed by atoms with Crippen LogP contribution >= 0.6 is 11.8 Å². The number of benzene rings is 1. The molecule has 0 heterocycles. The Labute approximate surface area is 102 Å². The standard InChI is InChI=1S/C13H21NOS/c1-3-16-13-8-4-7-12(10-13)14-11(2)6-5-9-15/h4,7-8,10-11,14-15H,3,5-6,9H2,1-2H3. The summed E-state index contributed by atoms with van der Waals surface area (Å²) < 4.78 is 0. The van der Waals surface area contributed by atoms with Gasteiger partial charge in [-0.1, -0.05) is 13.0 Å². The zero-order chi connectivity index (χ0) is 11.8. The van der Waals surface area contributed by atoms with Crippen molar-refractivity contribution in [2.24, 2.45) is 0 Å². The number of thioether (sulfide) groups is 1. The normalized spacial score (nSPS) is 12.4. The van der Waals surface area contributed by atoms with Crippen molar-refractivity contribution in [1.82, 2.24) is 0 Å². The molecule has 3 heteroatoms. The summed E-state index contributed by atoms with van der Waals surface area (Å²) >= 11 is 1.85. The van der Waals surface area contributed by atoms with Crippen molar-refractivity contribution in [1.29, 1.82) is 0 Å². The number of anilines is 1. The molecule has 0 saturated carbocycles. The number of hydrogen-bond donors (Lipinski definition) is 2. The van der Waals surface area contributed by atoms with Crippen LogP contribution in [-0.2, 0) is 0 Å². The van der Waals surface area contributed by atoms with E-state index >= 15 is 0 Å². The molecule has 90 valence electrons. The molecule has 2 nitrogen and oxygen atoms in total. The number of rotatable bonds is 7. The summed E-state index contributed by atoms with van der Waals surface area (Å²) in [5.74, 6) is 1.10. The second kappa shape index (κ2) is 7.58. The molecule has 0 fully saturated rings. The van der Waals surface area contributed by atoms with Crippen LogP contribution in [0.2, 0.25) is 0 Å². The third-order valence-corrected chi connectivity index (χ3v) is 3.23. The summed E-state index contributed by atoms with van der Waals surface area (Å²) in [6.07, 6.45) is 1.86. The summed E-state index contributed by atoms with van der Waals surface area (Å²) in [7, 11) is 0. The van der Waals surface area contributed by atoms with Gasteiger partial charge >= 0.3 is 0 Å². The van der Waals surface area contributed by atoms with E-state index in [0.717, 1.165) is 18.6 Å². The van der Waals surface area contributed by atoms with Gasteiger partial charge in [-0.2, -0.15) is 0 Å². The molecule has 0 radical (unpaired) electrons. The third kappa shape index (κ3) is 4.90. The fraction of sp³-hybridized carbons (Fsp3) is 0.538. The van der Waals surface area contributed by atoms with E-state index in [2.05, 4.69) is 43.4 Å². The highest BCUT2D eigenvalue weighted by Gasteiger charge is 2.02. The zero-order valence-electron chi connectivity index (χ0n) is 10.1. The van der Waals surface area contributed by atoms with E-state index in [1.165, 1.54) is 10.6 Å². The van der Waals surface area contributed by atoms with Gasteiger partial charge in [0.1, 0.15) is 0 Å². The first-order valence-corrected chi connectivity index (χ1v) is 6.85. The van der Waals surface area contributed by atoms with Gasteiger partial charge in [0.25, 0.3) is 0 Å². The van der Waals surface area contributed by atoms with E-state index in [-0.39, 0.29) is 6.61 Å². The molecule has 1 aromatic carbocycles. The monoisotopic (exact) mass is 239 g/mol. The van der Waals surface area contributed by atoms with Crippen LogP contribution in [0.4, 0.5) is 5.69 Å². The van der Waals surface area contributed by atoms with Gasteiger partial charge in [-0.15, -0.1) is 11.8 Å². The van der Waals surface area contributed by atoms with Crippen LogP contribution in [0.25, 0.3) is 0 Å². The number of hydrogen-bond acceptors (Lipinski definition) is 3. The fourth-order valence-electron chi connectivity index (χ4n) is 1.60. The second-order valence-corrected chi connectivity index (χ2v) is 5.21. The van der Waals surface area contributed by atoms with E-state index in [1.807, 2.05) is 11.8 Å². The molecule has 1 atom stereocenters. The Balaban J connectivity index is 2.49. The van der Waals surface area contributed by atoms with Crippen LogP contribution in [0.15, 0.2) is 29.2 Å². The highest BCUT2D eigenvalue weighted by molar-refractivity contribution is 7.99. The molecule has 0 amide bonds. The molecule has 0 aliphatic rings. The average Bonchev–Trinajstić information content (AvgIpc) is 2.27. The first kappa shape index (κ1) is 13.4. The minimum Gasteiger partial charge on any atom is -0.396 e. The maximum atomic E-state index is 8.76. The summed E-state index contributed by atoms with van der Waals surface area (Å²) in [6.45, 7) is 4.59. The first-order chi connectivity index (χ1) is 7.76. The van der Waals surface area contributed by atoms with E-state index in [0.29, 0.717) is 6.04 Å². The second-order valence-electron chi connectivity index (χ2n) is 3.87. The minimum atomic E-state index is 0.276. The molecule has 0 spiro atoms. The average molecular weight is 239 g/mol. The van der Waals surface area contributed by atoms with Gasteiger partial charge in [-0.3, -0.25) is 0 Å². The lowest BCUT2D eigenvalue weighted by Crippen LogP contribution is -2.15. The Kier molecular flexibility index (Phi) is 6.34. The van der Waals surface area contributed by atoms with Crippen LogP contribution in [-0.4, -0.2) is 23.5 Å². The van der Waals surface area contributed by atoms with E-state index in [1.54, 1.807) is 0 Å². The largest absolute Gasteiger partial charge is 0.396 e. The lowest BCUT2D eigenvalue weighted by molar-refractivity contribution is 0.282. The molecule has 1 unspecified atom stereocenters. The van der Waals surface area contributed by atoms with Gasteiger partial charge in [0.15, 0.2) is 0 Å². The molecule has 0 aromatic heterocycles. The Hall–Kier alpha value is -0.670. The van der Waals surface area contributed by atoms with Gasteiger partial charge in [0.2, 0.25) is 0 Å². The maximum Gasteiger partial charge on any atom is 0.0431 e. The highest BCUT2D eigenvalue weighted by Crippen LogP contribution is 2.21. The van der Waals surface area contributed by atoms with Gasteiger partial charge in [-0.25, -0.2) is 0 Å². The molecule has 0 aliphatic heterocycles. The zero-order valence-corrected chi connectivity index (χ0v) is 10.9. The molecule has 1 rings (SSSR count). The molecule has 2 N–H and O–H groups in total. The predicted octanol–water partition coefficient (Wildman–Crippen LogP) is 3.37. The van der Waals surface area contributed by atoms with Crippen molar-refractivity contribution < 1.29 is 5.11 Å². The quantitative estimate of drug-likeness (QED) is 0.716.